The van der Waals surface area contributed by atoms with Gasteiger partial charge in [0, 0.05) is 15.7 Å². The van der Waals surface area contributed by atoms with E-state index in [1.807, 2.05) is 42.5 Å². The summed E-state index contributed by atoms with van der Waals surface area (Å²) >= 11 is 3.46. The molecule has 3 rings (SSSR count). The minimum Gasteiger partial charge on any atom is -0.399 e. The lowest BCUT2D eigenvalue weighted by Crippen LogP contribution is -2.04. The topological polar surface area (TPSA) is 69.6 Å². The Labute approximate surface area is 124 Å². The van der Waals surface area contributed by atoms with Gasteiger partial charge in [-0.1, -0.05) is 28.1 Å². The van der Waals surface area contributed by atoms with E-state index in [1.54, 1.807) is 4.68 Å². The molecule has 20 heavy (non-hydrogen) atoms. The number of halogens is 1. The first-order valence-electron chi connectivity index (χ1n) is 6.09. The molecule has 0 fully saturated rings. The van der Waals surface area contributed by atoms with Gasteiger partial charge in [0.05, 0.1) is 6.54 Å². The number of benzene rings is 2. The largest absolute Gasteiger partial charge is 0.399 e. The maximum Gasteiger partial charge on any atom is 0.182 e. The zero-order valence-electron chi connectivity index (χ0n) is 10.6. The van der Waals surface area contributed by atoms with Gasteiger partial charge in [0.2, 0.25) is 0 Å². The molecule has 6 heteroatoms. The summed E-state index contributed by atoms with van der Waals surface area (Å²) in [5.74, 6) is 0.727. The molecule has 0 amide bonds. The van der Waals surface area contributed by atoms with Crippen LogP contribution in [0.1, 0.15) is 5.56 Å². The minimum atomic E-state index is 0.617. The van der Waals surface area contributed by atoms with E-state index >= 15 is 0 Å². The van der Waals surface area contributed by atoms with Crippen molar-refractivity contribution in [2.24, 2.45) is 0 Å². The SMILES string of the molecule is Nc1ccc(-c2nnnn2Cc2cccc(Br)c2)cc1. The number of nitrogen functional groups attached to an aromatic ring is 1. The van der Waals surface area contributed by atoms with Gasteiger partial charge in [0.1, 0.15) is 0 Å². The normalized spacial score (nSPS) is 10.7. The van der Waals surface area contributed by atoms with E-state index in [0.29, 0.717) is 6.54 Å². The van der Waals surface area contributed by atoms with Gasteiger partial charge in [0.15, 0.2) is 5.82 Å². The van der Waals surface area contributed by atoms with Crippen molar-refractivity contribution in [3.8, 4) is 11.4 Å². The van der Waals surface area contributed by atoms with Gasteiger partial charge in [0.25, 0.3) is 0 Å². The molecule has 1 heterocycles. The van der Waals surface area contributed by atoms with Crippen LogP contribution in [0.15, 0.2) is 53.0 Å². The summed E-state index contributed by atoms with van der Waals surface area (Å²) in [5, 5.41) is 11.9. The van der Waals surface area contributed by atoms with Gasteiger partial charge in [-0.05, 0) is 52.4 Å². The molecule has 0 aliphatic heterocycles. The van der Waals surface area contributed by atoms with E-state index in [2.05, 4.69) is 37.5 Å². The number of rotatable bonds is 3. The number of hydrogen-bond donors (Lipinski definition) is 1. The third-order valence-corrected chi connectivity index (χ3v) is 3.42. The standard InChI is InChI=1S/C14H12BrN5/c15-12-3-1-2-10(8-12)9-20-14(17-18-19-20)11-4-6-13(16)7-5-11/h1-8H,9,16H2. The summed E-state index contributed by atoms with van der Waals surface area (Å²) in [7, 11) is 0. The Morgan fingerprint density at radius 2 is 1.90 bits per heavy atom. The van der Waals surface area contributed by atoms with E-state index < -0.39 is 0 Å². The molecular formula is C14H12BrN5. The Balaban J connectivity index is 1.92. The smallest absolute Gasteiger partial charge is 0.182 e. The zero-order valence-corrected chi connectivity index (χ0v) is 12.2. The van der Waals surface area contributed by atoms with Crippen LogP contribution < -0.4 is 5.73 Å². The first kappa shape index (κ1) is 12.8. The fraction of sp³-hybridized carbons (Fsp3) is 0.0714. The summed E-state index contributed by atoms with van der Waals surface area (Å²) in [5.41, 5.74) is 8.49. The molecule has 3 aromatic rings. The third-order valence-electron chi connectivity index (χ3n) is 2.92. The summed E-state index contributed by atoms with van der Waals surface area (Å²) in [4.78, 5) is 0. The lowest BCUT2D eigenvalue weighted by atomic mass is 10.2. The highest BCUT2D eigenvalue weighted by atomic mass is 79.9. The van der Waals surface area contributed by atoms with Crippen molar-refractivity contribution in [1.29, 1.82) is 0 Å². The van der Waals surface area contributed by atoms with Crippen LogP contribution in [0.5, 0.6) is 0 Å². The monoisotopic (exact) mass is 329 g/mol. The molecule has 1 aromatic heterocycles. The van der Waals surface area contributed by atoms with Crippen LogP contribution in [0.4, 0.5) is 5.69 Å². The predicted molar refractivity (Wildman–Crippen MR) is 80.9 cm³/mol. The molecule has 0 spiro atoms. The highest BCUT2D eigenvalue weighted by Gasteiger charge is 2.09. The first-order valence-corrected chi connectivity index (χ1v) is 6.88. The highest BCUT2D eigenvalue weighted by molar-refractivity contribution is 9.10. The van der Waals surface area contributed by atoms with Gasteiger partial charge in [-0.3, -0.25) is 0 Å². The summed E-state index contributed by atoms with van der Waals surface area (Å²) < 4.78 is 2.81. The second-order valence-electron chi connectivity index (χ2n) is 4.41. The minimum absolute atomic E-state index is 0.617. The molecule has 0 saturated heterocycles. The van der Waals surface area contributed by atoms with E-state index in [-0.39, 0.29) is 0 Å². The quantitative estimate of drug-likeness (QED) is 0.750. The number of anilines is 1. The fourth-order valence-corrected chi connectivity index (χ4v) is 2.40. The molecule has 0 atom stereocenters. The molecule has 0 saturated carbocycles. The van der Waals surface area contributed by atoms with Crippen molar-refractivity contribution in [2.75, 3.05) is 5.73 Å². The van der Waals surface area contributed by atoms with Gasteiger partial charge >= 0.3 is 0 Å². The Morgan fingerprint density at radius 1 is 1.10 bits per heavy atom. The van der Waals surface area contributed by atoms with E-state index in [1.165, 1.54) is 0 Å². The van der Waals surface area contributed by atoms with Crippen LogP contribution in [0, 0.1) is 0 Å². The molecule has 0 radical (unpaired) electrons. The van der Waals surface area contributed by atoms with Gasteiger partial charge in [-0.25, -0.2) is 4.68 Å². The number of tetrazole rings is 1. The van der Waals surface area contributed by atoms with Crippen molar-refractivity contribution >= 4 is 21.6 Å². The summed E-state index contributed by atoms with van der Waals surface area (Å²) in [6, 6.07) is 15.6. The molecule has 0 bridgehead atoms. The van der Waals surface area contributed by atoms with Crippen LogP contribution in [-0.2, 0) is 6.54 Å². The highest BCUT2D eigenvalue weighted by Crippen LogP contribution is 2.19. The van der Waals surface area contributed by atoms with Gasteiger partial charge < -0.3 is 5.73 Å². The lowest BCUT2D eigenvalue weighted by Gasteiger charge is -2.05. The van der Waals surface area contributed by atoms with E-state index in [4.69, 9.17) is 5.73 Å². The van der Waals surface area contributed by atoms with E-state index in [0.717, 1.165) is 27.1 Å². The number of nitrogens with zero attached hydrogens (tertiary/aromatic N) is 4. The van der Waals surface area contributed by atoms with Crippen LogP contribution in [-0.4, -0.2) is 20.2 Å². The molecule has 100 valence electrons. The second kappa shape index (κ2) is 5.42. The maximum atomic E-state index is 5.69. The number of aromatic nitrogens is 4. The van der Waals surface area contributed by atoms with E-state index in [9.17, 15) is 0 Å². The fourth-order valence-electron chi connectivity index (χ4n) is 1.96. The van der Waals surface area contributed by atoms with Crippen molar-refractivity contribution in [3.05, 3.63) is 58.6 Å². The zero-order chi connectivity index (χ0) is 13.9. The summed E-state index contributed by atoms with van der Waals surface area (Å²) in [6.45, 7) is 0.617. The first-order chi connectivity index (χ1) is 9.72. The molecule has 0 aliphatic rings. The van der Waals surface area contributed by atoms with Crippen molar-refractivity contribution in [3.63, 3.8) is 0 Å². The second-order valence-corrected chi connectivity index (χ2v) is 5.33. The Bertz CT molecular complexity index is 720. The summed E-state index contributed by atoms with van der Waals surface area (Å²) in [6.07, 6.45) is 0. The molecule has 2 N–H and O–H groups in total. The average molecular weight is 330 g/mol. The van der Waals surface area contributed by atoms with Crippen LogP contribution in [0.2, 0.25) is 0 Å². The van der Waals surface area contributed by atoms with Gasteiger partial charge in [-0.2, -0.15) is 0 Å². The van der Waals surface area contributed by atoms with Crippen molar-refractivity contribution in [1.82, 2.24) is 20.2 Å². The lowest BCUT2D eigenvalue weighted by molar-refractivity contribution is 0.653. The third kappa shape index (κ3) is 2.70. The molecular weight excluding hydrogens is 318 g/mol. The van der Waals surface area contributed by atoms with Gasteiger partial charge in [-0.15, -0.1) is 5.10 Å². The number of hydrogen-bond acceptors (Lipinski definition) is 4. The molecule has 0 aliphatic carbocycles. The molecule has 5 nitrogen and oxygen atoms in total. The number of nitrogens with two attached hydrogens (primary N) is 1. The van der Waals surface area contributed by atoms with Crippen LogP contribution in [0.25, 0.3) is 11.4 Å². The van der Waals surface area contributed by atoms with Crippen molar-refractivity contribution < 1.29 is 0 Å². The van der Waals surface area contributed by atoms with Crippen molar-refractivity contribution in [2.45, 2.75) is 6.54 Å². The Hall–Kier alpha value is -2.21. The Kier molecular flexibility index (Phi) is 3.47. The maximum absolute atomic E-state index is 5.69. The van der Waals surface area contributed by atoms with Crippen LogP contribution in [0.3, 0.4) is 0 Å². The molecule has 0 unspecified atom stereocenters. The Morgan fingerprint density at radius 3 is 2.65 bits per heavy atom. The predicted octanol–water partition coefficient (Wildman–Crippen LogP) is 2.73. The molecule has 2 aromatic carbocycles. The van der Waals surface area contributed by atoms with Crippen LogP contribution >= 0.6 is 15.9 Å². The average Bonchev–Trinajstić information content (AvgIpc) is 2.88.